The number of hydrogen-bond donors (Lipinski definition) is 1. The molecule has 0 saturated carbocycles. The summed E-state index contributed by atoms with van der Waals surface area (Å²) in [5.74, 6) is 1.34. The average molecular weight is 319 g/mol. The lowest BCUT2D eigenvalue weighted by Crippen LogP contribution is -2.45. The number of nitrogens with one attached hydrogen (secondary N) is 1. The van der Waals surface area contributed by atoms with E-state index in [9.17, 15) is 8.42 Å². The molecular weight excluding hydrogens is 284 g/mol. The highest BCUT2D eigenvalue weighted by atomic mass is 32.2. The van der Waals surface area contributed by atoms with Crippen LogP contribution in [0.4, 0.5) is 0 Å². The van der Waals surface area contributed by atoms with Gasteiger partial charge in [0.1, 0.15) is 0 Å². The van der Waals surface area contributed by atoms with Crippen LogP contribution in [0.25, 0.3) is 0 Å². The van der Waals surface area contributed by atoms with E-state index in [4.69, 9.17) is 0 Å². The smallest absolute Gasteiger partial charge is 0.215 e. The number of nitrogens with zero attached hydrogens (tertiary/aromatic N) is 1. The molecule has 1 aliphatic rings. The van der Waals surface area contributed by atoms with Gasteiger partial charge in [-0.05, 0) is 44.1 Å². The topological polar surface area (TPSA) is 49.4 Å². The van der Waals surface area contributed by atoms with E-state index in [2.05, 4.69) is 33.0 Å². The second kappa shape index (κ2) is 9.11. The van der Waals surface area contributed by atoms with Crippen LogP contribution in [0.2, 0.25) is 0 Å². The van der Waals surface area contributed by atoms with Crippen molar-refractivity contribution in [3.63, 3.8) is 0 Å². The molecule has 0 aromatic carbocycles. The molecule has 1 atom stereocenters. The van der Waals surface area contributed by atoms with Gasteiger partial charge in [-0.1, -0.05) is 34.1 Å². The summed E-state index contributed by atoms with van der Waals surface area (Å²) in [5.41, 5.74) is 0. The van der Waals surface area contributed by atoms with Gasteiger partial charge in [0, 0.05) is 19.1 Å². The molecule has 126 valence electrons. The molecule has 1 N–H and O–H groups in total. The molecule has 1 fully saturated rings. The summed E-state index contributed by atoms with van der Waals surface area (Å²) in [7, 11) is -3.14. The second-order valence-electron chi connectivity index (χ2n) is 7.19. The maximum absolute atomic E-state index is 12.7. The van der Waals surface area contributed by atoms with Gasteiger partial charge in [0.2, 0.25) is 10.0 Å². The molecule has 21 heavy (non-hydrogen) atoms. The zero-order valence-electron chi connectivity index (χ0n) is 14.3. The van der Waals surface area contributed by atoms with E-state index in [1.165, 1.54) is 6.42 Å². The lowest BCUT2D eigenvalue weighted by atomic mass is 10.1. The zero-order chi connectivity index (χ0) is 15.9. The molecule has 1 aliphatic heterocycles. The van der Waals surface area contributed by atoms with Crippen molar-refractivity contribution < 1.29 is 8.42 Å². The predicted octanol–water partition coefficient (Wildman–Crippen LogP) is 2.85. The first-order valence-electron chi connectivity index (χ1n) is 8.52. The Bertz CT molecular complexity index is 362. The van der Waals surface area contributed by atoms with Crippen LogP contribution >= 0.6 is 0 Å². The Morgan fingerprint density at radius 3 is 2.05 bits per heavy atom. The van der Waals surface area contributed by atoms with Gasteiger partial charge in [0.05, 0.1) is 5.75 Å². The normalized spacial score (nSPS) is 20.6. The molecule has 0 radical (unpaired) electrons. The lowest BCUT2D eigenvalue weighted by Gasteiger charge is -2.28. The first kappa shape index (κ1) is 18.9. The van der Waals surface area contributed by atoms with Crippen molar-refractivity contribution >= 4 is 10.0 Å². The van der Waals surface area contributed by atoms with Crippen LogP contribution in [0.1, 0.15) is 59.8 Å². The fourth-order valence-electron chi connectivity index (χ4n) is 2.62. The van der Waals surface area contributed by atoms with Crippen LogP contribution in [-0.4, -0.2) is 44.2 Å². The van der Waals surface area contributed by atoms with Gasteiger partial charge in [0.15, 0.2) is 0 Å². The summed E-state index contributed by atoms with van der Waals surface area (Å²) < 4.78 is 27.2. The summed E-state index contributed by atoms with van der Waals surface area (Å²) in [5, 5.41) is 3.35. The number of piperidine rings is 1. The van der Waals surface area contributed by atoms with Crippen molar-refractivity contribution in [2.24, 2.45) is 11.8 Å². The number of hydrogen-bond acceptors (Lipinski definition) is 3. The average Bonchev–Trinajstić information content (AvgIpc) is 2.38. The summed E-state index contributed by atoms with van der Waals surface area (Å²) in [6, 6.07) is 0.143. The van der Waals surface area contributed by atoms with Crippen molar-refractivity contribution in [1.82, 2.24) is 9.62 Å². The Labute approximate surface area is 131 Å². The molecule has 1 unspecified atom stereocenters. The van der Waals surface area contributed by atoms with E-state index in [-0.39, 0.29) is 11.8 Å². The van der Waals surface area contributed by atoms with E-state index in [0.29, 0.717) is 24.9 Å². The summed E-state index contributed by atoms with van der Waals surface area (Å²) in [6.45, 7) is 10.9. The van der Waals surface area contributed by atoms with E-state index < -0.39 is 10.0 Å². The van der Waals surface area contributed by atoms with E-state index in [0.717, 1.165) is 32.2 Å². The lowest BCUT2D eigenvalue weighted by molar-refractivity contribution is 0.349. The van der Waals surface area contributed by atoms with Crippen molar-refractivity contribution in [1.29, 1.82) is 0 Å². The molecular formula is C16H34N2O2S. The fourth-order valence-corrected chi connectivity index (χ4v) is 4.39. The minimum atomic E-state index is -3.14. The minimum absolute atomic E-state index is 0.143. The third-order valence-corrected chi connectivity index (χ3v) is 6.10. The highest BCUT2D eigenvalue weighted by Gasteiger charge is 2.27. The summed E-state index contributed by atoms with van der Waals surface area (Å²) in [4.78, 5) is 0. The Balaban J connectivity index is 2.63. The van der Waals surface area contributed by atoms with E-state index in [1.54, 1.807) is 4.31 Å². The van der Waals surface area contributed by atoms with Gasteiger partial charge in [-0.3, -0.25) is 0 Å². The SMILES string of the molecule is CC(C)CCN(CCC(C)C)S(=O)(=O)CC1CCCCN1. The van der Waals surface area contributed by atoms with Crippen LogP contribution in [-0.2, 0) is 10.0 Å². The first-order chi connectivity index (χ1) is 9.81. The van der Waals surface area contributed by atoms with Gasteiger partial charge in [-0.15, -0.1) is 0 Å². The van der Waals surface area contributed by atoms with E-state index >= 15 is 0 Å². The number of sulfonamides is 1. The third-order valence-electron chi connectivity index (χ3n) is 4.13. The van der Waals surface area contributed by atoms with Gasteiger partial charge in [-0.2, -0.15) is 0 Å². The molecule has 1 heterocycles. The van der Waals surface area contributed by atoms with Crippen LogP contribution in [0.15, 0.2) is 0 Å². The maximum atomic E-state index is 12.7. The fraction of sp³-hybridized carbons (Fsp3) is 1.00. The molecule has 4 nitrogen and oxygen atoms in total. The molecule has 0 aromatic rings. The van der Waals surface area contributed by atoms with Gasteiger partial charge in [0.25, 0.3) is 0 Å². The summed E-state index contributed by atoms with van der Waals surface area (Å²) in [6.07, 6.45) is 5.18. The Morgan fingerprint density at radius 1 is 1.05 bits per heavy atom. The zero-order valence-corrected chi connectivity index (χ0v) is 15.1. The third kappa shape index (κ3) is 7.61. The Kier molecular flexibility index (Phi) is 8.21. The highest BCUT2D eigenvalue weighted by Crippen LogP contribution is 2.15. The largest absolute Gasteiger partial charge is 0.313 e. The quantitative estimate of drug-likeness (QED) is 0.711. The molecule has 1 rings (SSSR count). The van der Waals surface area contributed by atoms with Crippen molar-refractivity contribution in [3.8, 4) is 0 Å². The minimum Gasteiger partial charge on any atom is -0.313 e. The van der Waals surface area contributed by atoms with Gasteiger partial charge < -0.3 is 5.32 Å². The van der Waals surface area contributed by atoms with Gasteiger partial charge >= 0.3 is 0 Å². The molecule has 0 bridgehead atoms. The van der Waals surface area contributed by atoms with Crippen molar-refractivity contribution in [2.75, 3.05) is 25.4 Å². The molecule has 0 aromatic heterocycles. The molecule has 0 amide bonds. The van der Waals surface area contributed by atoms with Crippen LogP contribution < -0.4 is 5.32 Å². The molecule has 5 heteroatoms. The molecule has 1 saturated heterocycles. The highest BCUT2D eigenvalue weighted by molar-refractivity contribution is 7.89. The second-order valence-corrected chi connectivity index (χ2v) is 9.20. The Morgan fingerprint density at radius 2 is 1.62 bits per heavy atom. The van der Waals surface area contributed by atoms with Gasteiger partial charge in [-0.25, -0.2) is 12.7 Å². The first-order valence-corrected chi connectivity index (χ1v) is 10.1. The summed E-state index contributed by atoms with van der Waals surface area (Å²) >= 11 is 0. The monoisotopic (exact) mass is 318 g/mol. The van der Waals surface area contributed by atoms with Crippen LogP contribution in [0.3, 0.4) is 0 Å². The van der Waals surface area contributed by atoms with Crippen LogP contribution in [0, 0.1) is 11.8 Å². The number of rotatable bonds is 9. The molecule has 0 spiro atoms. The maximum Gasteiger partial charge on any atom is 0.215 e. The Hall–Kier alpha value is -0.130. The predicted molar refractivity (Wildman–Crippen MR) is 89.9 cm³/mol. The molecule has 0 aliphatic carbocycles. The van der Waals surface area contributed by atoms with Crippen LogP contribution in [0.5, 0.6) is 0 Å². The standard InChI is InChI=1S/C16H34N2O2S/c1-14(2)8-11-18(12-9-15(3)4)21(19,20)13-16-7-5-6-10-17-16/h14-17H,5-13H2,1-4H3. The van der Waals surface area contributed by atoms with Crippen molar-refractivity contribution in [3.05, 3.63) is 0 Å². The van der Waals surface area contributed by atoms with Crippen molar-refractivity contribution in [2.45, 2.75) is 65.8 Å². The van der Waals surface area contributed by atoms with E-state index in [1.807, 2.05) is 0 Å².